The van der Waals surface area contributed by atoms with Gasteiger partial charge in [-0.15, -0.1) is 0 Å². The van der Waals surface area contributed by atoms with Crippen molar-refractivity contribution in [2.24, 2.45) is 5.92 Å². The third-order valence-corrected chi connectivity index (χ3v) is 4.56. The molecule has 3 rings (SSSR count). The monoisotopic (exact) mass is 322 g/mol. The molecule has 2 heterocycles. The molecule has 1 fully saturated rings. The van der Waals surface area contributed by atoms with Crippen LogP contribution in [0.3, 0.4) is 0 Å². The molecule has 0 saturated carbocycles. The molecule has 0 unspecified atom stereocenters. The summed E-state index contributed by atoms with van der Waals surface area (Å²) in [5.74, 6) is 0.236. The molecule has 4 nitrogen and oxygen atoms in total. The predicted octanol–water partition coefficient (Wildman–Crippen LogP) is 3.07. The zero-order chi connectivity index (χ0) is 16.8. The molecule has 1 saturated heterocycles. The van der Waals surface area contributed by atoms with E-state index in [-0.39, 0.29) is 11.8 Å². The van der Waals surface area contributed by atoms with Gasteiger partial charge < -0.3 is 10.0 Å². The van der Waals surface area contributed by atoms with Gasteiger partial charge in [0, 0.05) is 31.6 Å². The zero-order valence-electron chi connectivity index (χ0n) is 13.6. The summed E-state index contributed by atoms with van der Waals surface area (Å²) in [4.78, 5) is 18.1. The molecule has 1 aliphatic heterocycles. The molecule has 124 valence electrons. The van der Waals surface area contributed by atoms with Gasteiger partial charge >= 0.3 is 0 Å². The number of likely N-dealkylation sites (tertiary alicyclic amines) is 1. The van der Waals surface area contributed by atoms with E-state index in [1.165, 1.54) is 0 Å². The van der Waals surface area contributed by atoms with Crippen LogP contribution in [0.5, 0.6) is 0 Å². The van der Waals surface area contributed by atoms with Crippen LogP contribution in [0.4, 0.5) is 0 Å². The molecule has 1 aromatic carbocycles. The van der Waals surface area contributed by atoms with Gasteiger partial charge in [-0.1, -0.05) is 30.3 Å². The number of aliphatic hydroxyl groups excluding tert-OH is 1. The molecule has 0 radical (unpaired) electrons. The molecule has 1 aromatic heterocycles. The minimum absolute atomic E-state index is 0.0273. The molecular weight excluding hydrogens is 300 g/mol. The lowest BCUT2D eigenvalue weighted by Crippen LogP contribution is -2.38. The van der Waals surface area contributed by atoms with Crippen molar-refractivity contribution in [3.63, 3.8) is 0 Å². The van der Waals surface area contributed by atoms with Gasteiger partial charge in [0.25, 0.3) is 0 Å². The van der Waals surface area contributed by atoms with Crippen molar-refractivity contribution >= 4 is 12.0 Å². The Morgan fingerprint density at radius 1 is 1.12 bits per heavy atom. The van der Waals surface area contributed by atoms with E-state index < -0.39 is 6.10 Å². The van der Waals surface area contributed by atoms with Crippen molar-refractivity contribution in [1.82, 2.24) is 9.88 Å². The first-order valence-electron chi connectivity index (χ1n) is 8.34. The second-order valence-corrected chi connectivity index (χ2v) is 6.13. The van der Waals surface area contributed by atoms with Crippen molar-refractivity contribution in [2.45, 2.75) is 18.9 Å². The van der Waals surface area contributed by atoms with Crippen molar-refractivity contribution < 1.29 is 9.90 Å². The van der Waals surface area contributed by atoms with Gasteiger partial charge in [-0.05, 0) is 48.1 Å². The standard InChI is InChI=1S/C20H22N2O2/c23-19(7-6-16-8-12-21-13-9-16)22-14-10-18(11-15-22)20(24)17-4-2-1-3-5-17/h1-9,12-13,18,20,24H,10-11,14-15H2/b7-6-/t20-/m0/s1. The van der Waals surface area contributed by atoms with Crippen molar-refractivity contribution in [3.05, 3.63) is 72.1 Å². The van der Waals surface area contributed by atoms with Gasteiger partial charge in [0.1, 0.15) is 0 Å². The largest absolute Gasteiger partial charge is 0.388 e. The predicted molar refractivity (Wildman–Crippen MR) is 94.0 cm³/mol. The zero-order valence-corrected chi connectivity index (χ0v) is 13.6. The number of carbonyl (C=O) groups excluding carboxylic acids is 1. The van der Waals surface area contributed by atoms with E-state index in [0.717, 1.165) is 24.0 Å². The van der Waals surface area contributed by atoms with E-state index in [1.54, 1.807) is 18.5 Å². The van der Waals surface area contributed by atoms with Gasteiger partial charge in [-0.3, -0.25) is 9.78 Å². The van der Waals surface area contributed by atoms with E-state index in [0.29, 0.717) is 13.1 Å². The Bertz CT molecular complexity index is 677. The van der Waals surface area contributed by atoms with Crippen LogP contribution in [-0.4, -0.2) is 34.0 Å². The molecule has 1 atom stereocenters. The van der Waals surface area contributed by atoms with Crippen LogP contribution in [0.2, 0.25) is 0 Å². The Kier molecular flexibility index (Phi) is 5.39. The quantitative estimate of drug-likeness (QED) is 0.880. The summed E-state index contributed by atoms with van der Waals surface area (Å²) in [6, 6.07) is 13.5. The Balaban J connectivity index is 1.53. The minimum Gasteiger partial charge on any atom is -0.388 e. The molecule has 0 aliphatic carbocycles. The molecule has 0 spiro atoms. The molecule has 1 N–H and O–H groups in total. The van der Waals surface area contributed by atoms with Crippen LogP contribution < -0.4 is 0 Å². The number of benzene rings is 1. The summed E-state index contributed by atoms with van der Waals surface area (Å²) in [5.41, 5.74) is 1.92. The Morgan fingerprint density at radius 3 is 2.46 bits per heavy atom. The van der Waals surface area contributed by atoms with Crippen LogP contribution in [0.1, 0.15) is 30.1 Å². The summed E-state index contributed by atoms with van der Waals surface area (Å²) in [6.07, 6.45) is 8.05. The number of hydrogen-bond acceptors (Lipinski definition) is 3. The number of amides is 1. The van der Waals surface area contributed by atoms with Crippen LogP contribution in [0.25, 0.3) is 6.08 Å². The maximum Gasteiger partial charge on any atom is 0.246 e. The number of aliphatic hydroxyl groups is 1. The highest BCUT2D eigenvalue weighted by molar-refractivity contribution is 5.91. The number of piperidine rings is 1. The number of carbonyl (C=O) groups is 1. The lowest BCUT2D eigenvalue weighted by Gasteiger charge is -2.33. The fourth-order valence-corrected chi connectivity index (χ4v) is 3.11. The summed E-state index contributed by atoms with van der Waals surface area (Å²) >= 11 is 0. The summed E-state index contributed by atoms with van der Waals surface area (Å²) < 4.78 is 0. The first-order chi connectivity index (χ1) is 11.7. The molecule has 1 aliphatic rings. The first kappa shape index (κ1) is 16.4. The Hall–Kier alpha value is -2.46. The summed E-state index contributed by atoms with van der Waals surface area (Å²) in [6.45, 7) is 1.38. The Morgan fingerprint density at radius 2 is 1.79 bits per heavy atom. The number of pyridine rings is 1. The second-order valence-electron chi connectivity index (χ2n) is 6.13. The maximum absolute atomic E-state index is 12.3. The molecule has 1 amide bonds. The molecule has 4 heteroatoms. The van der Waals surface area contributed by atoms with Crippen LogP contribution >= 0.6 is 0 Å². The third kappa shape index (κ3) is 4.09. The SMILES string of the molecule is O=C(/C=C\c1ccncc1)N1CCC([C@@H](O)c2ccccc2)CC1. The average molecular weight is 322 g/mol. The number of rotatable bonds is 4. The number of hydrogen-bond donors (Lipinski definition) is 1. The van der Waals surface area contributed by atoms with E-state index in [2.05, 4.69) is 4.98 Å². The highest BCUT2D eigenvalue weighted by Crippen LogP contribution is 2.30. The van der Waals surface area contributed by atoms with Gasteiger partial charge in [0.15, 0.2) is 0 Å². The fraction of sp³-hybridized carbons (Fsp3) is 0.300. The van der Waals surface area contributed by atoms with E-state index in [1.807, 2.05) is 53.4 Å². The third-order valence-electron chi connectivity index (χ3n) is 4.56. The van der Waals surface area contributed by atoms with Crippen LogP contribution in [0, 0.1) is 5.92 Å². The smallest absolute Gasteiger partial charge is 0.246 e. The average Bonchev–Trinajstić information content (AvgIpc) is 2.67. The van der Waals surface area contributed by atoms with Crippen molar-refractivity contribution in [1.29, 1.82) is 0 Å². The maximum atomic E-state index is 12.3. The van der Waals surface area contributed by atoms with Gasteiger partial charge in [-0.25, -0.2) is 0 Å². The van der Waals surface area contributed by atoms with Crippen LogP contribution in [-0.2, 0) is 4.79 Å². The normalized spacial score (nSPS) is 17.1. The van der Waals surface area contributed by atoms with Crippen LogP contribution in [0.15, 0.2) is 60.9 Å². The highest BCUT2D eigenvalue weighted by Gasteiger charge is 2.27. The fourth-order valence-electron chi connectivity index (χ4n) is 3.11. The van der Waals surface area contributed by atoms with E-state index >= 15 is 0 Å². The molecule has 24 heavy (non-hydrogen) atoms. The van der Waals surface area contributed by atoms with Gasteiger partial charge in [0.05, 0.1) is 6.10 Å². The lowest BCUT2D eigenvalue weighted by atomic mass is 9.87. The molecular formula is C20H22N2O2. The highest BCUT2D eigenvalue weighted by atomic mass is 16.3. The van der Waals surface area contributed by atoms with E-state index in [4.69, 9.17) is 0 Å². The van der Waals surface area contributed by atoms with Gasteiger partial charge in [-0.2, -0.15) is 0 Å². The first-order valence-corrected chi connectivity index (χ1v) is 8.34. The number of nitrogens with zero attached hydrogens (tertiary/aromatic N) is 2. The lowest BCUT2D eigenvalue weighted by molar-refractivity contribution is -0.127. The second kappa shape index (κ2) is 7.88. The Labute approximate surface area is 142 Å². The molecule has 2 aromatic rings. The summed E-state index contributed by atoms with van der Waals surface area (Å²) in [7, 11) is 0. The van der Waals surface area contributed by atoms with Gasteiger partial charge in [0.2, 0.25) is 5.91 Å². The summed E-state index contributed by atoms with van der Waals surface area (Å²) in [5, 5.41) is 10.5. The topological polar surface area (TPSA) is 53.4 Å². The van der Waals surface area contributed by atoms with E-state index in [9.17, 15) is 9.90 Å². The van der Waals surface area contributed by atoms with Crippen molar-refractivity contribution in [3.8, 4) is 0 Å². The number of aromatic nitrogens is 1. The van der Waals surface area contributed by atoms with Crippen molar-refractivity contribution in [2.75, 3.05) is 13.1 Å². The minimum atomic E-state index is -0.448. The molecule has 0 bridgehead atoms.